The fraction of sp³-hybridized carbons (Fsp3) is 0.500. The smallest absolute Gasteiger partial charge is 0.354 e. The van der Waals surface area contributed by atoms with Gasteiger partial charge in [-0.05, 0) is 25.0 Å². The molecule has 2 atom stereocenters. The van der Waals surface area contributed by atoms with Crippen LogP contribution in [0, 0.1) is 0 Å². The van der Waals surface area contributed by atoms with Gasteiger partial charge in [0, 0.05) is 31.4 Å². The van der Waals surface area contributed by atoms with Gasteiger partial charge in [-0.25, -0.2) is 4.79 Å². The van der Waals surface area contributed by atoms with Crippen LogP contribution in [0.4, 0.5) is 4.79 Å². The average molecular weight is 370 g/mol. The van der Waals surface area contributed by atoms with Crippen molar-refractivity contribution in [2.75, 3.05) is 13.1 Å². The average Bonchev–Trinajstić information content (AvgIpc) is 2.79. The van der Waals surface area contributed by atoms with Gasteiger partial charge in [-0.3, -0.25) is 14.3 Å². The fourth-order valence-corrected chi connectivity index (χ4v) is 3.47. The van der Waals surface area contributed by atoms with Gasteiger partial charge in [0.15, 0.2) is 0 Å². The van der Waals surface area contributed by atoms with Gasteiger partial charge in [0.2, 0.25) is 5.91 Å². The maximum atomic E-state index is 12.4. The van der Waals surface area contributed by atoms with Crippen molar-refractivity contribution in [1.29, 1.82) is 0 Å². The summed E-state index contributed by atoms with van der Waals surface area (Å²) in [5.41, 5.74) is 0.844. The third-order valence-corrected chi connectivity index (χ3v) is 4.56. The van der Waals surface area contributed by atoms with E-state index in [0.717, 1.165) is 5.69 Å². The normalized spacial score (nSPS) is 23.0. The summed E-state index contributed by atoms with van der Waals surface area (Å²) in [5, 5.41) is 3.39. The first-order valence-corrected chi connectivity index (χ1v) is 9.16. The van der Waals surface area contributed by atoms with Gasteiger partial charge in [0.05, 0.1) is 6.04 Å². The van der Waals surface area contributed by atoms with Crippen molar-refractivity contribution in [3.63, 3.8) is 0 Å². The van der Waals surface area contributed by atoms with Crippen LogP contribution in [-0.4, -0.2) is 65.0 Å². The number of hydroxylamine groups is 2. The number of hydrogen-bond donors (Lipinski definition) is 2. The van der Waals surface area contributed by atoms with E-state index in [0.29, 0.717) is 30.9 Å². The van der Waals surface area contributed by atoms with Crippen molar-refractivity contribution >= 4 is 22.3 Å². The Balaban J connectivity index is 1.57. The Hall–Kier alpha value is -2.24. The quantitative estimate of drug-likeness (QED) is 0.660. The molecule has 0 radical (unpaired) electrons. The highest BCUT2D eigenvalue weighted by Gasteiger charge is 2.49. The van der Waals surface area contributed by atoms with Crippen molar-refractivity contribution in [3.8, 4) is 0 Å². The fourth-order valence-electron chi connectivity index (χ4n) is 3.08. The molecule has 0 aliphatic carbocycles. The summed E-state index contributed by atoms with van der Waals surface area (Å²) in [6.07, 6.45) is 3.02. The van der Waals surface area contributed by atoms with Crippen LogP contribution in [0.1, 0.15) is 18.5 Å². The lowest BCUT2D eigenvalue weighted by atomic mass is 10.0. The molecule has 2 aliphatic heterocycles. The van der Waals surface area contributed by atoms with Crippen LogP contribution in [0.5, 0.6) is 0 Å². The molecule has 25 heavy (non-hydrogen) atoms. The van der Waals surface area contributed by atoms with E-state index in [9.17, 15) is 18.0 Å². The summed E-state index contributed by atoms with van der Waals surface area (Å²) >= 11 is 0. The van der Waals surface area contributed by atoms with E-state index in [1.165, 1.54) is 4.90 Å². The van der Waals surface area contributed by atoms with Gasteiger partial charge in [0.25, 0.3) is 0 Å². The number of fused-ring (bicyclic) bond motifs is 2. The van der Waals surface area contributed by atoms with Gasteiger partial charge >= 0.3 is 16.4 Å². The molecule has 0 unspecified atom stereocenters. The standard InChI is InChI=1S/C14H18N4O6S/c19-13(16-8-6-10-3-1-2-7-15-10)12-5-4-11-9-17(12)14(20)18(11)24-25(21,22)23/h1-3,7,11-12H,4-6,8-9H2,(H,16,19)(H,21,22,23)/t11-,12+/m1/s1. The Labute approximate surface area is 144 Å². The molecule has 10 nitrogen and oxygen atoms in total. The zero-order valence-electron chi connectivity index (χ0n) is 13.2. The number of nitrogens with one attached hydrogen (secondary N) is 1. The van der Waals surface area contributed by atoms with Crippen molar-refractivity contribution < 1.29 is 26.8 Å². The van der Waals surface area contributed by atoms with Crippen LogP contribution in [0.15, 0.2) is 24.4 Å². The predicted molar refractivity (Wildman–Crippen MR) is 84.3 cm³/mol. The predicted octanol–water partition coefficient (Wildman–Crippen LogP) is -0.257. The largest absolute Gasteiger partial charge is 0.418 e. The van der Waals surface area contributed by atoms with Crippen LogP contribution in [0.3, 0.4) is 0 Å². The molecule has 2 N–H and O–H groups in total. The molecule has 3 amide bonds. The second-order valence-corrected chi connectivity index (χ2v) is 6.88. The van der Waals surface area contributed by atoms with Crippen molar-refractivity contribution in [2.45, 2.75) is 31.3 Å². The number of pyridine rings is 1. The minimum Gasteiger partial charge on any atom is -0.354 e. The molecule has 2 fully saturated rings. The number of amides is 3. The number of carbonyl (C=O) groups is 2. The van der Waals surface area contributed by atoms with E-state index >= 15 is 0 Å². The van der Waals surface area contributed by atoms with Gasteiger partial charge in [-0.1, -0.05) is 6.07 Å². The maximum absolute atomic E-state index is 12.4. The molecule has 0 saturated carbocycles. The van der Waals surface area contributed by atoms with Gasteiger partial charge in [0.1, 0.15) is 6.04 Å². The molecule has 11 heteroatoms. The maximum Gasteiger partial charge on any atom is 0.418 e. The molecule has 2 aliphatic rings. The first-order valence-electron chi connectivity index (χ1n) is 7.79. The first kappa shape index (κ1) is 17.6. The van der Waals surface area contributed by atoms with E-state index < -0.39 is 28.5 Å². The van der Waals surface area contributed by atoms with Crippen molar-refractivity contribution in [2.24, 2.45) is 0 Å². The Morgan fingerprint density at radius 2 is 2.20 bits per heavy atom. The molecule has 1 aromatic heterocycles. The van der Waals surface area contributed by atoms with Crippen LogP contribution in [-0.2, 0) is 25.9 Å². The Bertz CT molecular complexity index is 756. The molecule has 2 saturated heterocycles. The highest BCUT2D eigenvalue weighted by Crippen LogP contribution is 2.30. The monoisotopic (exact) mass is 370 g/mol. The SMILES string of the molecule is O=C(NCCc1ccccn1)[C@@H]1CC[C@@H]2CN1C(=O)N2OS(=O)(=O)O. The minimum atomic E-state index is -4.79. The Morgan fingerprint density at radius 1 is 1.40 bits per heavy atom. The number of hydrogen-bond acceptors (Lipinski definition) is 6. The number of aromatic nitrogens is 1. The molecule has 3 rings (SSSR count). The summed E-state index contributed by atoms with van der Waals surface area (Å²) in [5.74, 6) is -0.309. The summed E-state index contributed by atoms with van der Waals surface area (Å²) in [4.78, 5) is 30.0. The Kier molecular flexibility index (Phi) is 4.88. The van der Waals surface area contributed by atoms with Crippen LogP contribution in [0.2, 0.25) is 0 Å². The molecule has 0 spiro atoms. The third-order valence-electron chi connectivity index (χ3n) is 4.21. The zero-order chi connectivity index (χ0) is 18.0. The van der Waals surface area contributed by atoms with E-state index in [1.807, 2.05) is 12.1 Å². The van der Waals surface area contributed by atoms with Crippen LogP contribution in [0.25, 0.3) is 0 Å². The van der Waals surface area contributed by atoms with Crippen LogP contribution >= 0.6 is 0 Å². The highest BCUT2D eigenvalue weighted by atomic mass is 32.3. The Morgan fingerprint density at radius 3 is 2.88 bits per heavy atom. The van der Waals surface area contributed by atoms with Gasteiger partial charge in [-0.2, -0.15) is 13.5 Å². The zero-order valence-corrected chi connectivity index (χ0v) is 14.1. The van der Waals surface area contributed by atoms with Crippen molar-refractivity contribution in [3.05, 3.63) is 30.1 Å². The van der Waals surface area contributed by atoms with E-state index in [-0.39, 0.29) is 12.5 Å². The first-order chi connectivity index (χ1) is 11.8. The third kappa shape index (κ3) is 4.06. The highest BCUT2D eigenvalue weighted by molar-refractivity contribution is 7.80. The van der Waals surface area contributed by atoms with E-state index in [2.05, 4.69) is 14.6 Å². The molecule has 3 heterocycles. The molecule has 1 aromatic rings. The number of rotatable bonds is 6. The molecule has 0 aromatic carbocycles. The molecule has 136 valence electrons. The number of carbonyl (C=O) groups excluding carboxylic acids is 2. The number of urea groups is 1. The van der Waals surface area contributed by atoms with Crippen LogP contribution < -0.4 is 5.32 Å². The number of piperidine rings is 1. The molecular formula is C14H18N4O6S. The lowest BCUT2D eigenvalue weighted by Crippen LogP contribution is -2.50. The summed E-state index contributed by atoms with van der Waals surface area (Å²) in [7, 11) is -4.79. The molecule has 2 bridgehead atoms. The topological polar surface area (TPSA) is 129 Å². The van der Waals surface area contributed by atoms with Crippen molar-refractivity contribution in [1.82, 2.24) is 20.3 Å². The van der Waals surface area contributed by atoms with Gasteiger partial charge < -0.3 is 10.2 Å². The van der Waals surface area contributed by atoms with E-state index in [1.54, 1.807) is 12.3 Å². The summed E-state index contributed by atoms with van der Waals surface area (Å²) in [6.45, 7) is 0.551. The van der Waals surface area contributed by atoms with E-state index in [4.69, 9.17) is 4.55 Å². The second kappa shape index (κ2) is 6.94. The number of nitrogens with zero attached hydrogens (tertiary/aromatic N) is 3. The molecular weight excluding hydrogens is 352 g/mol. The summed E-state index contributed by atoms with van der Waals surface area (Å²) < 4.78 is 34.8. The van der Waals surface area contributed by atoms with Gasteiger partial charge in [-0.15, -0.1) is 4.28 Å². The lowest BCUT2D eigenvalue weighted by molar-refractivity contribution is -0.126. The lowest BCUT2D eigenvalue weighted by Gasteiger charge is -2.29. The second-order valence-electron chi connectivity index (χ2n) is 5.87. The summed E-state index contributed by atoms with van der Waals surface area (Å²) in [6, 6.07) is 3.57. The minimum absolute atomic E-state index is 0.173.